The molecular formula is C18H25ClN2. The maximum absolute atomic E-state index is 6.55. The van der Waals surface area contributed by atoms with Crippen LogP contribution in [-0.2, 0) is 19.4 Å². The first-order chi connectivity index (χ1) is 10.1. The number of benzene rings is 1. The standard InChI is InChI=1S/C18H25ClN2/c1-5-15(19)18-16(6-2)20-21(17(18)7-3)12-14-10-8-9-13(4)11-14/h8-11,15H,5-7,12H2,1-4H3. The van der Waals surface area contributed by atoms with Crippen LogP contribution in [0.4, 0.5) is 0 Å². The molecule has 0 amide bonds. The molecule has 1 heterocycles. The highest BCUT2D eigenvalue weighted by molar-refractivity contribution is 6.21. The van der Waals surface area contributed by atoms with Crippen LogP contribution in [0.1, 0.15) is 60.6 Å². The largest absolute Gasteiger partial charge is 0.265 e. The van der Waals surface area contributed by atoms with E-state index in [1.165, 1.54) is 22.4 Å². The zero-order valence-electron chi connectivity index (χ0n) is 13.5. The van der Waals surface area contributed by atoms with E-state index < -0.39 is 0 Å². The third-order valence-corrected chi connectivity index (χ3v) is 4.46. The Balaban J connectivity index is 2.41. The van der Waals surface area contributed by atoms with Crippen molar-refractivity contribution in [3.05, 3.63) is 52.3 Å². The minimum atomic E-state index is 0.0705. The number of nitrogens with zero attached hydrogens (tertiary/aromatic N) is 2. The Morgan fingerprint density at radius 1 is 1.19 bits per heavy atom. The van der Waals surface area contributed by atoms with Crippen molar-refractivity contribution in [2.45, 2.75) is 58.9 Å². The molecule has 2 aromatic rings. The minimum Gasteiger partial charge on any atom is -0.265 e. The summed E-state index contributed by atoms with van der Waals surface area (Å²) in [4.78, 5) is 0. The second-order valence-corrected chi connectivity index (χ2v) is 6.06. The van der Waals surface area contributed by atoms with Crippen LogP contribution < -0.4 is 0 Å². The minimum absolute atomic E-state index is 0.0705. The third-order valence-electron chi connectivity index (χ3n) is 3.93. The lowest BCUT2D eigenvalue weighted by Crippen LogP contribution is -2.07. The van der Waals surface area contributed by atoms with Gasteiger partial charge in [0.1, 0.15) is 0 Å². The summed E-state index contributed by atoms with van der Waals surface area (Å²) in [5.41, 5.74) is 6.29. The van der Waals surface area contributed by atoms with Crippen LogP contribution in [-0.4, -0.2) is 9.78 Å². The molecule has 1 atom stereocenters. The molecule has 0 radical (unpaired) electrons. The van der Waals surface area contributed by atoms with E-state index in [2.05, 4.69) is 56.6 Å². The highest BCUT2D eigenvalue weighted by Crippen LogP contribution is 2.31. The van der Waals surface area contributed by atoms with Gasteiger partial charge in [-0.15, -0.1) is 11.6 Å². The van der Waals surface area contributed by atoms with Gasteiger partial charge in [0, 0.05) is 11.3 Å². The number of alkyl halides is 1. The van der Waals surface area contributed by atoms with Crippen LogP contribution in [0, 0.1) is 6.92 Å². The van der Waals surface area contributed by atoms with Crippen molar-refractivity contribution in [2.75, 3.05) is 0 Å². The van der Waals surface area contributed by atoms with Gasteiger partial charge in [0.2, 0.25) is 0 Å². The van der Waals surface area contributed by atoms with Crippen LogP contribution in [0.2, 0.25) is 0 Å². The Bertz CT molecular complexity index is 601. The number of halogens is 1. The normalized spacial score (nSPS) is 12.6. The molecule has 0 spiro atoms. The van der Waals surface area contributed by atoms with E-state index in [1.807, 2.05) is 0 Å². The number of aromatic nitrogens is 2. The second-order valence-electron chi connectivity index (χ2n) is 5.54. The van der Waals surface area contributed by atoms with Crippen LogP contribution in [0.15, 0.2) is 24.3 Å². The van der Waals surface area contributed by atoms with Gasteiger partial charge in [-0.05, 0) is 31.7 Å². The second kappa shape index (κ2) is 7.13. The lowest BCUT2D eigenvalue weighted by Gasteiger charge is -2.11. The molecule has 0 N–H and O–H groups in total. The van der Waals surface area contributed by atoms with Gasteiger partial charge in [-0.2, -0.15) is 5.10 Å². The Hall–Kier alpha value is -1.28. The monoisotopic (exact) mass is 304 g/mol. The van der Waals surface area contributed by atoms with E-state index in [-0.39, 0.29) is 5.38 Å². The Kier molecular flexibility index (Phi) is 5.46. The lowest BCUT2D eigenvalue weighted by molar-refractivity contribution is 0.638. The molecule has 0 aliphatic heterocycles. The summed E-state index contributed by atoms with van der Waals surface area (Å²) >= 11 is 6.55. The SMILES string of the molecule is CCc1nn(Cc2cccc(C)c2)c(CC)c1C(Cl)CC. The van der Waals surface area contributed by atoms with E-state index >= 15 is 0 Å². The number of rotatable bonds is 6. The Labute approximate surface area is 133 Å². The van der Waals surface area contributed by atoms with Crippen LogP contribution in [0.3, 0.4) is 0 Å². The summed E-state index contributed by atoms with van der Waals surface area (Å²) in [6, 6.07) is 8.63. The molecule has 1 aromatic heterocycles. The van der Waals surface area contributed by atoms with Crippen molar-refractivity contribution in [3.8, 4) is 0 Å². The zero-order valence-corrected chi connectivity index (χ0v) is 14.2. The summed E-state index contributed by atoms with van der Waals surface area (Å²) in [5, 5.41) is 4.90. The Morgan fingerprint density at radius 2 is 1.95 bits per heavy atom. The van der Waals surface area contributed by atoms with Gasteiger partial charge in [-0.1, -0.05) is 50.6 Å². The van der Waals surface area contributed by atoms with Crippen LogP contribution in [0.5, 0.6) is 0 Å². The average molecular weight is 305 g/mol. The van der Waals surface area contributed by atoms with Crippen LogP contribution >= 0.6 is 11.6 Å². The number of hydrogen-bond donors (Lipinski definition) is 0. The number of aryl methyl sites for hydroxylation is 2. The zero-order chi connectivity index (χ0) is 15.4. The van der Waals surface area contributed by atoms with Crippen molar-refractivity contribution in [3.63, 3.8) is 0 Å². The Morgan fingerprint density at radius 3 is 2.52 bits per heavy atom. The maximum Gasteiger partial charge on any atom is 0.0671 e. The fourth-order valence-electron chi connectivity index (χ4n) is 2.88. The number of hydrogen-bond acceptors (Lipinski definition) is 1. The van der Waals surface area contributed by atoms with Crippen molar-refractivity contribution < 1.29 is 0 Å². The van der Waals surface area contributed by atoms with Crippen LogP contribution in [0.25, 0.3) is 0 Å². The molecular weight excluding hydrogens is 280 g/mol. The fraction of sp³-hybridized carbons (Fsp3) is 0.500. The third kappa shape index (κ3) is 3.49. The smallest absolute Gasteiger partial charge is 0.0671 e. The molecule has 3 heteroatoms. The molecule has 0 bridgehead atoms. The molecule has 114 valence electrons. The molecule has 0 saturated heterocycles. The van der Waals surface area contributed by atoms with Gasteiger partial charge in [0.05, 0.1) is 17.6 Å². The molecule has 1 aromatic carbocycles. The van der Waals surface area contributed by atoms with E-state index in [0.717, 1.165) is 31.5 Å². The van der Waals surface area contributed by atoms with E-state index in [4.69, 9.17) is 16.7 Å². The van der Waals surface area contributed by atoms with E-state index in [9.17, 15) is 0 Å². The van der Waals surface area contributed by atoms with E-state index in [1.54, 1.807) is 0 Å². The van der Waals surface area contributed by atoms with Crippen molar-refractivity contribution >= 4 is 11.6 Å². The summed E-state index contributed by atoms with van der Waals surface area (Å²) in [7, 11) is 0. The molecule has 0 saturated carbocycles. The molecule has 0 aliphatic rings. The predicted octanol–water partition coefficient (Wildman–Crippen LogP) is 5.05. The van der Waals surface area contributed by atoms with Gasteiger partial charge in [-0.25, -0.2) is 0 Å². The maximum atomic E-state index is 6.55. The fourth-order valence-corrected chi connectivity index (χ4v) is 3.13. The van der Waals surface area contributed by atoms with Gasteiger partial charge >= 0.3 is 0 Å². The molecule has 0 aliphatic carbocycles. The first kappa shape index (κ1) is 16.1. The first-order valence-electron chi connectivity index (χ1n) is 7.88. The van der Waals surface area contributed by atoms with Crippen molar-refractivity contribution in [1.29, 1.82) is 0 Å². The topological polar surface area (TPSA) is 17.8 Å². The molecule has 21 heavy (non-hydrogen) atoms. The summed E-state index contributed by atoms with van der Waals surface area (Å²) in [6.45, 7) is 9.43. The molecule has 2 nitrogen and oxygen atoms in total. The summed E-state index contributed by atoms with van der Waals surface area (Å²) < 4.78 is 2.15. The first-order valence-corrected chi connectivity index (χ1v) is 8.32. The quantitative estimate of drug-likeness (QED) is 0.682. The summed E-state index contributed by atoms with van der Waals surface area (Å²) in [6.07, 6.45) is 2.85. The van der Waals surface area contributed by atoms with Crippen molar-refractivity contribution in [2.24, 2.45) is 0 Å². The molecule has 0 fully saturated rings. The lowest BCUT2D eigenvalue weighted by atomic mass is 10.0. The van der Waals surface area contributed by atoms with Gasteiger partial charge in [0.15, 0.2) is 0 Å². The van der Waals surface area contributed by atoms with Gasteiger partial charge in [-0.3, -0.25) is 4.68 Å². The molecule has 1 unspecified atom stereocenters. The van der Waals surface area contributed by atoms with Gasteiger partial charge < -0.3 is 0 Å². The van der Waals surface area contributed by atoms with Crippen molar-refractivity contribution in [1.82, 2.24) is 9.78 Å². The van der Waals surface area contributed by atoms with E-state index in [0.29, 0.717) is 0 Å². The average Bonchev–Trinajstić information content (AvgIpc) is 2.83. The highest BCUT2D eigenvalue weighted by atomic mass is 35.5. The predicted molar refractivity (Wildman–Crippen MR) is 90.1 cm³/mol. The summed E-state index contributed by atoms with van der Waals surface area (Å²) in [5.74, 6) is 0. The highest BCUT2D eigenvalue weighted by Gasteiger charge is 2.20. The van der Waals surface area contributed by atoms with Gasteiger partial charge in [0.25, 0.3) is 0 Å². The molecule has 2 rings (SSSR count).